The maximum Gasteiger partial charge on any atom is 0.274 e. The maximum atomic E-state index is 12.9. The summed E-state index contributed by atoms with van der Waals surface area (Å²) in [7, 11) is 0. The van der Waals surface area contributed by atoms with Crippen LogP contribution in [0.3, 0.4) is 0 Å². The molecule has 0 unspecified atom stereocenters. The lowest BCUT2D eigenvalue weighted by molar-refractivity contribution is 0.102. The molecular weight excluding hydrogens is 364 g/mol. The van der Waals surface area contributed by atoms with E-state index in [1.165, 1.54) is 0 Å². The second kappa shape index (κ2) is 9.19. The van der Waals surface area contributed by atoms with Gasteiger partial charge in [0.2, 0.25) is 5.95 Å². The van der Waals surface area contributed by atoms with Crippen LogP contribution in [0.25, 0.3) is 0 Å². The fourth-order valence-electron chi connectivity index (χ4n) is 3.01. The Balaban J connectivity index is 1.85. The van der Waals surface area contributed by atoms with Crippen LogP contribution in [0.15, 0.2) is 54.6 Å². The Morgan fingerprint density at radius 1 is 1.03 bits per heavy atom. The third-order valence-corrected chi connectivity index (χ3v) is 4.35. The van der Waals surface area contributed by atoms with Crippen LogP contribution in [0.5, 0.6) is 5.75 Å². The minimum Gasteiger partial charge on any atom is -0.492 e. The van der Waals surface area contributed by atoms with E-state index < -0.39 is 0 Å². The first-order chi connectivity index (χ1) is 14.0. The van der Waals surface area contributed by atoms with E-state index in [0.29, 0.717) is 35.6 Å². The van der Waals surface area contributed by atoms with Crippen molar-refractivity contribution in [3.63, 3.8) is 0 Å². The molecule has 1 aromatic heterocycles. The molecule has 6 nitrogen and oxygen atoms in total. The van der Waals surface area contributed by atoms with Crippen LogP contribution in [0.1, 0.15) is 48.4 Å². The molecule has 0 aliphatic rings. The number of ether oxygens (including phenoxy) is 1. The Hall–Kier alpha value is -3.41. The minimum atomic E-state index is -0.273. The lowest BCUT2D eigenvalue weighted by Crippen LogP contribution is -2.16. The summed E-state index contributed by atoms with van der Waals surface area (Å²) < 4.78 is 5.63. The quantitative estimate of drug-likeness (QED) is 0.572. The zero-order valence-electron chi connectivity index (χ0n) is 17.2. The Labute approximate surface area is 171 Å². The molecule has 0 saturated heterocycles. The van der Waals surface area contributed by atoms with Crippen LogP contribution >= 0.6 is 0 Å². The number of aryl methyl sites for hydroxylation is 1. The highest BCUT2D eigenvalue weighted by atomic mass is 16.5. The van der Waals surface area contributed by atoms with Gasteiger partial charge in [0.05, 0.1) is 12.3 Å². The predicted molar refractivity (Wildman–Crippen MR) is 116 cm³/mol. The molecule has 1 heterocycles. The van der Waals surface area contributed by atoms with Crippen molar-refractivity contribution in [2.24, 2.45) is 0 Å². The molecule has 3 aromatic rings. The second-order valence-corrected chi connectivity index (χ2v) is 6.97. The number of nitrogens with one attached hydrogen (secondary N) is 2. The summed E-state index contributed by atoms with van der Waals surface area (Å²) in [5.74, 6) is 1.08. The van der Waals surface area contributed by atoms with Crippen molar-refractivity contribution in [1.82, 2.24) is 9.97 Å². The number of para-hydroxylation sites is 3. The second-order valence-electron chi connectivity index (χ2n) is 6.97. The van der Waals surface area contributed by atoms with Crippen molar-refractivity contribution in [3.8, 4) is 5.75 Å². The number of anilines is 3. The summed E-state index contributed by atoms with van der Waals surface area (Å²) in [6.07, 6.45) is 0. The van der Waals surface area contributed by atoms with E-state index in [-0.39, 0.29) is 5.91 Å². The number of hydrogen-bond donors (Lipinski definition) is 2. The first kappa shape index (κ1) is 20.3. The van der Waals surface area contributed by atoms with Gasteiger partial charge in [0.1, 0.15) is 11.4 Å². The minimum absolute atomic E-state index is 0.273. The largest absolute Gasteiger partial charge is 0.492 e. The smallest absolute Gasteiger partial charge is 0.274 e. The molecule has 3 rings (SSSR count). The number of amides is 1. The molecule has 1 amide bonds. The zero-order chi connectivity index (χ0) is 20.8. The number of carbonyl (C=O) groups excluding carboxylic acids is 1. The van der Waals surface area contributed by atoms with Gasteiger partial charge in [-0.25, -0.2) is 9.97 Å². The SMILES string of the molecule is CCOc1ccccc1Nc1nc(C)cc(C(=O)Nc2ccccc2C(C)C)n1. The average molecular weight is 390 g/mol. The van der Waals surface area contributed by atoms with Gasteiger partial charge in [0.25, 0.3) is 5.91 Å². The number of hydrogen-bond acceptors (Lipinski definition) is 5. The van der Waals surface area contributed by atoms with Gasteiger partial charge in [-0.15, -0.1) is 0 Å². The molecular formula is C23H26N4O2. The van der Waals surface area contributed by atoms with Crippen molar-refractivity contribution < 1.29 is 9.53 Å². The van der Waals surface area contributed by atoms with Gasteiger partial charge in [-0.2, -0.15) is 0 Å². The predicted octanol–water partition coefficient (Wildman–Crippen LogP) is 5.30. The fourth-order valence-corrected chi connectivity index (χ4v) is 3.01. The van der Waals surface area contributed by atoms with Gasteiger partial charge >= 0.3 is 0 Å². The highest BCUT2D eigenvalue weighted by molar-refractivity contribution is 6.03. The summed E-state index contributed by atoms with van der Waals surface area (Å²) in [6.45, 7) is 8.50. The summed E-state index contributed by atoms with van der Waals surface area (Å²) in [6, 6.07) is 17.0. The Kier molecular flexibility index (Phi) is 6.44. The van der Waals surface area contributed by atoms with Crippen molar-refractivity contribution >= 4 is 23.2 Å². The van der Waals surface area contributed by atoms with Gasteiger partial charge in [-0.05, 0) is 49.6 Å². The first-order valence-corrected chi connectivity index (χ1v) is 9.72. The number of benzene rings is 2. The van der Waals surface area contributed by atoms with Gasteiger partial charge in [0, 0.05) is 11.4 Å². The van der Waals surface area contributed by atoms with E-state index in [9.17, 15) is 4.79 Å². The maximum absolute atomic E-state index is 12.9. The van der Waals surface area contributed by atoms with Crippen molar-refractivity contribution in [3.05, 3.63) is 71.5 Å². The van der Waals surface area contributed by atoms with E-state index in [4.69, 9.17) is 4.74 Å². The van der Waals surface area contributed by atoms with Crippen molar-refractivity contribution in [2.45, 2.75) is 33.6 Å². The summed E-state index contributed by atoms with van der Waals surface area (Å²) >= 11 is 0. The number of nitrogens with zero attached hydrogens (tertiary/aromatic N) is 2. The van der Waals surface area contributed by atoms with E-state index >= 15 is 0 Å². The third kappa shape index (κ3) is 5.10. The highest BCUT2D eigenvalue weighted by Crippen LogP contribution is 2.27. The van der Waals surface area contributed by atoms with E-state index in [2.05, 4.69) is 34.4 Å². The van der Waals surface area contributed by atoms with Gasteiger partial charge in [-0.1, -0.05) is 44.2 Å². The van der Waals surface area contributed by atoms with Crippen LogP contribution in [-0.4, -0.2) is 22.5 Å². The number of carbonyl (C=O) groups is 1. The van der Waals surface area contributed by atoms with E-state index in [1.54, 1.807) is 6.07 Å². The van der Waals surface area contributed by atoms with Crippen molar-refractivity contribution in [2.75, 3.05) is 17.2 Å². The average Bonchev–Trinajstić information content (AvgIpc) is 2.69. The molecule has 0 spiro atoms. The van der Waals surface area contributed by atoms with Gasteiger partial charge < -0.3 is 15.4 Å². The highest BCUT2D eigenvalue weighted by Gasteiger charge is 2.14. The number of aromatic nitrogens is 2. The normalized spacial score (nSPS) is 10.7. The monoisotopic (exact) mass is 390 g/mol. The van der Waals surface area contributed by atoms with E-state index in [0.717, 1.165) is 16.9 Å². The molecule has 29 heavy (non-hydrogen) atoms. The number of rotatable bonds is 7. The molecule has 150 valence electrons. The summed E-state index contributed by atoms with van der Waals surface area (Å²) in [5.41, 5.74) is 3.61. The molecule has 0 aliphatic heterocycles. The van der Waals surface area contributed by atoms with Crippen LogP contribution < -0.4 is 15.4 Å². The first-order valence-electron chi connectivity index (χ1n) is 9.72. The van der Waals surface area contributed by atoms with Crippen LogP contribution in [-0.2, 0) is 0 Å². The fraction of sp³-hybridized carbons (Fsp3) is 0.261. The molecule has 0 fully saturated rings. The van der Waals surface area contributed by atoms with Crippen molar-refractivity contribution in [1.29, 1.82) is 0 Å². The zero-order valence-corrected chi connectivity index (χ0v) is 17.2. The molecule has 6 heteroatoms. The summed E-state index contributed by atoms with van der Waals surface area (Å²) in [4.78, 5) is 21.7. The Bertz CT molecular complexity index is 1000. The Morgan fingerprint density at radius 3 is 2.45 bits per heavy atom. The molecule has 2 N–H and O–H groups in total. The third-order valence-electron chi connectivity index (χ3n) is 4.35. The standard InChI is InChI=1S/C23H26N4O2/c1-5-29-21-13-9-8-12-19(21)26-23-24-16(4)14-20(27-23)22(28)25-18-11-7-6-10-17(18)15(2)3/h6-15H,5H2,1-4H3,(H,25,28)(H,24,26,27). The molecule has 0 radical (unpaired) electrons. The molecule has 0 atom stereocenters. The van der Waals surface area contributed by atoms with Crippen LogP contribution in [0, 0.1) is 6.92 Å². The molecule has 0 saturated carbocycles. The van der Waals surface area contributed by atoms with E-state index in [1.807, 2.05) is 62.4 Å². The molecule has 0 aliphatic carbocycles. The molecule has 0 bridgehead atoms. The summed E-state index contributed by atoms with van der Waals surface area (Å²) in [5, 5.41) is 6.14. The van der Waals surface area contributed by atoms with Crippen LogP contribution in [0.2, 0.25) is 0 Å². The van der Waals surface area contributed by atoms with Crippen LogP contribution in [0.4, 0.5) is 17.3 Å². The molecule has 2 aromatic carbocycles. The van der Waals surface area contributed by atoms with Gasteiger partial charge in [0.15, 0.2) is 0 Å². The van der Waals surface area contributed by atoms with Gasteiger partial charge in [-0.3, -0.25) is 4.79 Å². The Morgan fingerprint density at radius 2 is 1.72 bits per heavy atom. The topological polar surface area (TPSA) is 76.1 Å². The lowest BCUT2D eigenvalue weighted by atomic mass is 10.0. The lowest BCUT2D eigenvalue weighted by Gasteiger charge is -2.14.